The molecule has 2 N–H and O–H groups in total. The Labute approximate surface area is 108 Å². The van der Waals surface area contributed by atoms with Crippen LogP contribution in [0.5, 0.6) is 0 Å². The predicted molar refractivity (Wildman–Crippen MR) is 66.3 cm³/mol. The van der Waals surface area contributed by atoms with E-state index < -0.39 is 17.9 Å². The standard InChI is InChI=1S/C11H14N2O4S/c1-7(11(16)17-2)13-9(14)6-12-10(15)8-4-3-5-18-8/h3-5,7H,6H2,1-2H3,(H,12,15)(H,13,14). The van der Waals surface area contributed by atoms with Gasteiger partial charge in [-0.05, 0) is 18.4 Å². The molecule has 7 heteroatoms. The van der Waals surface area contributed by atoms with Gasteiger partial charge in [-0.2, -0.15) is 0 Å². The van der Waals surface area contributed by atoms with Crippen molar-refractivity contribution in [1.82, 2.24) is 10.6 Å². The molecule has 0 bridgehead atoms. The molecule has 0 aliphatic heterocycles. The zero-order valence-electron chi connectivity index (χ0n) is 10.1. The maximum absolute atomic E-state index is 11.5. The molecule has 0 saturated carbocycles. The molecule has 98 valence electrons. The summed E-state index contributed by atoms with van der Waals surface area (Å²) in [5.74, 6) is -1.29. The highest BCUT2D eigenvalue weighted by Crippen LogP contribution is 2.07. The smallest absolute Gasteiger partial charge is 0.328 e. The number of nitrogens with one attached hydrogen (secondary N) is 2. The summed E-state index contributed by atoms with van der Waals surface area (Å²) in [7, 11) is 1.24. The lowest BCUT2D eigenvalue weighted by atomic mass is 10.3. The van der Waals surface area contributed by atoms with Gasteiger partial charge in [-0.25, -0.2) is 4.79 Å². The van der Waals surface area contributed by atoms with Gasteiger partial charge in [0.25, 0.3) is 5.91 Å². The van der Waals surface area contributed by atoms with E-state index in [4.69, 9.17) is 0 Å². The quantitative estimate of drug-likeness (QED) is 0.746. The van der Waals surface area contributed by atoms with Crippen LogP contribution >= 0.6 is 11.3 Å². The molecule has 0 aromatic carbocycles. The minimum Gasteiger partial charge on any atom is -0.467 e. The summed E-state index contributed by atoms with van der Waals surface area (Å²) in [5, 5.41) is 6.63. The van der Waals surface area contributed by atoms with Crippen LogP contribution in [0.3, 0.4) is 0 Å². The van der Waals surface area contributed by atoms with Crippen molar-refractivity contribution in [2.75, 3.05) is 13.7 Å². The fourth-order valence-corrected chi connectivity index (χ4v) is 1.82. The second kappa shape index (κ2) is 6.75. The Hall–Kier alpha value is -1.89. The van der Waals surface area contributed by atoms with Crippen LogP contribution in [0.25, 0.3) is 0 Å². The average Bonchev–Trinajstić information content (AvgIpc) is 2.88. The lowest BCUT2D eigenvalue weighted by Gasteiger charge is -2.11. The van der Waals surface area contributed by atoms with Gasteiger partial charge in [-0.3, -0.25) is 9.59 Å². The molecule has 1 heterocycles. The summed E-state index contributed by atoms with van der Waals surface area (Å²) < 4.78 is 4.46. The van der Waals surface area contributed by atoms with E-state index in [2.05, 4.69) is 15.4 Å². The Morgan fingerprint density at radius 1 is 1.44 bits per heavy atom. The SMILES string of the molecule is COC(=O)C(C)NC(=O)CNC(=O)c1cccs1. The summed E-state index contributed by atoms with van der Waals surface area (Å²) in [4.78, 5) is 34.5. The van der Waals surface area contributed by atoms with Gasteiger partial charge in [0.1, 0.15) is 6.04 Å². The van der Waals surface area contributed by atoms with Crippen LogP contribution < -0.4 is 10.6 Å². The van der Waals surface area contributed by atoms with Gasteiger partial charge in [-0.1, -0.05) is 6.07 Å². The Kier molecular flexibility index (Phi) is 5.31. The van der Waals surface area contributed by atoms with Crippen molar-refractivity contribution in [2.24, 2.45) is 0 Å². The zero-order valence-corrected chi connectivity index (χ0v) is 10.9. The van der Waals surface area contributed by atoms with E-state index in [0.717, 1.165) is 0 Å². The number of rotatable bonds is 5. The Balaban J connectivity index is 2.33. The monoisotopic (exact) mass is 270 g/mol. The van der Waals surface area contributed by atoms with E-state index in [1.54, 1.807) is 17.5 Å². The van der Waals surface area contributed by atoms with Crippen LogP contribution in [0.1, 0.15) is 16.6 Å². The highest BCUT2D eigenvalue weighted by molar-refractivity contribution is 7.12. The average molecular weight is 270 g/mol. The topological polar surface area (TPSA) is 84.5 Å². The molecule has 0 aliphatic carbocycles. The lowest BCUT2D eigenvalue weighted by Crippen LogP contribution is -2.44. The highest BCUT2D eigenvalue weighted by Gasteiger charge is 2.16. The van der Waals surface area contributed by atoms with Gasteiger partial charge >= 0.3 is 5.97 Å². The van der Waals surface area contributed by atoms with Gasteiger partial charge in [0.05, 0.1) is 18.5 Å². The maximum Gasteiger partial charge on any atom is 0.328 e. The molecule has 1 aromatic heterocycles. The van der Waals surface area contributed by atoms with Crippen LogP contribution in [-0.2, 0) is 14.3 Å². The van der Waals surface area contributed by atoms with Crippen LogP contribution in [0.15, 0.2) is 17.5 Å². The summed E-state index contributed by atoms with van der Waals surface area (Å²) in [5.41, 5.74) is 0. The third-order valence-corrected chi connectivity index (χ3v) is 2.96. The first-order valence-corrected chi connectivity index (χ1v) is 6.11. The Morgan fingerprint density at radius 2 is 2.17 bits per heavy atom. The van der Waals surface area contributed by atoms with Crippen molar-refractivity contribution < 1.29 is 19.1 Å². The number of hydrogen-bond acceptors (Lipinski definition) is 5. The molecule has 0 spiro atoms. The summed E-state index contributed by atoms with van der Waals surface area (Å²) >= 11 is 1.29. The van der Waals surface area contributed by atoms with E-state index in [9.17, 15) is 14.4 Å². The first kappa shape index (κ1) is 14.2. The molecule has 1 atom stereocenters. The molecule has 1 rings (SSSR count). The highest BCUT2D eigenvalue weighted by atomic mass is 32.1. The zero-order chi connectivity index (χ0) is 13.5. The number of thiophene rings is 1. The van der Waals surface area contributed by atoms with Crippen molar-refractivity contribution in [1.29, 1.82) is 0 Å². The molecule has 0 aliphatic rings. The maximum atomic E-state index is 11.5. The molecule has 1 aromatic rings. The van der Waals surface area contributed by atoms with Crippen LogP contribution in [0, 0.1) is 0 Å². The molecule has 0 saturated heterocycles. The number of methoxy groups -OCH3 is 1. The first-order chi connectivity index (χ1) is 8.54. The number of esters is 1. The van der Waals surface area contributed by atoms with Gasteiger partial charge in [-0.15, -0.1) is 11.3 Å². The Morgan fingerprint density at radius 3 is 2.72 bits per heavy atom. The fourth-order valence-electron chi connectivity index (χ4n) is 1.18. The van der Waals surface area contributed by atoms with E-state index in [-0.39, 0.29) is 12.5 Å². The molecule has 0 radical (unpaired) electrons. The minimum atomic E-state index is -0.735. The molecule has 6 nitrogen and oxygen atoms in total. The van der Waals surface area contributed by atoms with Gasteiger partial charge in [0.15, 0.2) is 0 Å². The molecular formula is C11H14N2O4S. The number of hydrogen-bond donors (Lipinski definition) is 2. The minimum absolute atomic E-state index is 0.182. The van der Waals surface area contributed by atoms with Crippen molar-refractivity contribution in [3.05, 3.63) is 22.4 Å². The first-order valence-electron chi connectivity index (χ1n) is 5.23. The van der Waals surface area contributed by atoms with E-state index in [0.29, 0.717) is 4.88 Å². The second-order valence-corrected chi connectivity index (χ2v) is 4.42. The van der Waals surface area contributed by atoms with Crippen LogP contribution in [-0.4, -0.2) is 37.5 Å². The predicted octanol–water partition coefficient (Wildman–Crippen LogP) is 0.156. The molecule has 2 amide bonds. The molecule has 1 unspecified atom stereocenters. The molecule has 0 fully saturated rings. The molecular weight excluding hydrogens is 256 g/mol. The number of amides is 2. The van der Waals surface area contributed by atoms with Crippen molar-refractivity contribution in [3.63, 3.8) is 0 Å². The van der Waals surface area contributed by atoms with Crippen LogP contribution in [0.4, 0.5) is 0 Å². The lowest BCUT2D eigenvalue weighted by molar-refractivity contribution is -0.144. The van der Waals surface area contributed by atoms with E-state index in [1.165, 1.54) is 25.4 Å². The second-order valence-electron chi connectivity index (χ2n) is 3.47. The van der Waals surface area contributed by atoms with Gasteiger partial charge in [0.2, 0.25) is 5.91 Å². The largest absolute Gasteiger partial charge is 0.467 e. The Bertz CT molecular complexity index is 430. The summed E-state index contributed by atoms with van der Waals surface area (Å²) in [6, 6.07) is 2.68. The summed E-state index contributed by atoms with van der Waals surface area (Å²) in [6.45, 7) is 1.32. The van der Waals surface area contributed by atoms with E-state index >= 15 is 0 Å². The fraction of sp³-hybridized carbons (Fsp3) is 0.364. The summed E-state index contributed by atoms with van der Waals surface area (Å²) in [6.07, 6.45) is 0. The van der Waals surface area contributed by atoms with Gasteiger partial charge < -0.3 is 15.4 Å². The van der Waals surface area contributed by atoms with E-state index in [1.807, 2.05) is 0 Å². The number of ether oxygens (including phenoxy) is 1. The normalized spacial score (nSPS) is 11.4. The number of carbonyl (C=O) groups excluding carboxylic acids is 3. The van der Waals surface area contributed by atoms with Gasteiger partial charge in [0, 0.05) is 0 Å². The van der Waals surface area contributed by atoms with Crippen molar-refractivity contribution >= 4 is 29.1 Å². The van der Waals surface area contributed by atoms with Crippen molar-refractivity contribution in [3.8, 4) is 0 Å². The number of carbonyl (C=O) groups is 3. The molecule has 18 heavy (non-hydrogen) atoms. The van der Waals surface area contributed by atoms with Crippen LogP contribution in [0.2, 0.25) is 0 Å². The third-order valence-electron chi connectivity index (χ3n) is 2.09. The van der Waals surface area contributed by atoms with Crippen molar-refractivity contribution in [2.45, 2.75) is 13.0 Å². The third kappa shape index (κ3) is 4.17.